The molecule has 0 radical (unpaired) electrons. The van der Waals surface area contributed by atoms with Crippen molar-refractivity contribution in [3.05, 3.63) is 22.0 Å². The minimum atomic E-state index is -0.678. The molecule has 0 saturated carbocycles. The zero-order valence-corrected chi connectivity index (χ0v) is 8.30. The van der Waals surface area contributed by atoms with Crippen molar-refractivity contribution >= 4 is 11.6 Å². The molecule has 0 unspecified atom stereocenters. The normalized spacial score (nSPS) is 12.2. The minimum absolute atomic E-state index is 0.119. The third-order valence-electron chi connectivity index (χ3n) is 2.01. The van der Waals surface area contributed by atoms with Crippen LogP contribution in [0.4, 0.5) is 5.69 Å². The van der Waals surface area contributed by atoms with E-state index in [1.54, 1.807) is 6.92 Å². The molecule has 3 N–H and O–H groups in total. The summed E-state index contributed by atoms with van der Waals surface area (Å²) in [6, 6.07) is -0.678. The van der Waals surface area contributed by atoms with Gasteiger partial charge in [-0.1, -0.05) is 0 Å². The van der Waals surface area contributed by atoms with Crippen LogP contribution >= 0.6 is 0 Å². The van der Waals surface area contributed by atoms with Gasteiger partial charge in [-0.15, -0.1) is 0 Å². The van der Waals surface area contributed by atoms with Crippen molar-refractivity contribution in [3.63, 3.8) is 0 Å². The van der Waals surface area contributed by atoms with E-state index in [-0.39, 0.29) is 11.4 Å². The molecule has 1 rings (SSSR count). The van der Waals surface area contributed by atoms with Crippen LogP contribution in [0.1, 0.15) is 18.7 Å². The van der Waals surface area contributed by atoms with Crippen LogP contribution in [0.5, 0.6) is 0 Å². The molecule has 0 bridgehead atoms. The van der Waals surface area contributed by atoms with Gasteiger partial charge in [0.25, 0.3) is 5.91 Å². The molecule has 8 heteroatoms. The maximum absolute atomic E-state index is 11.1. The average Bonchev–Trinajstić information content (AvgIpc) is 2.58. The third kappa shape index (κ3) is 2.10. The summed E-state index contributed by atoms with van der Waals surface area (Å²) in [5, 5.41) is 14.4. The number of nitrogens with two attached hydrogens (primary N) is 1. The smallest absolute Gasteiger partial charge is 0.292 e. The van der Waals surface area contributed by atoms with Gasteiger partial charge in [-0.2, -0.15) is 5.10 Å². The number of amides is 1. The van der Waals surface area contributed by atoms with E-state index in [2.05, 4.69) is 5.10 Å². The average molecular weight is 213 g/mol. The van der Waals surface area contributed by atoms with Crippen LogP contribution in [-0.4, -0.2) is 20.6 Å². The largest absolute Gasteiger partial charge is 0.309 e. The molecule has 0 aromatic carbocycles. The van der Waals surface area contributed by atoms with E-state index in [4.69, 9.17) is 5.84 Å². The number of nitrogens with zero attached hydrogens (tertiary/aromatic N) is 3. The van der Waals surface area contributed by atoms with Gasteiger partial charge in [0.15, 0.2) is 0 Å². The van der Waals surface area contributed by atoms with Gasteiger partial charge in [-0.3, -0.25) is 25.0 Å². The molecule has 0 spiro atoms. The van der Waals surface area contributed by atoms with E-state index in [0.717, 1.165) is 0 Å². The summed E-state index contributed by atoms with van der Waals surface area (Å²) in [5.41, 5.74) is 2.09. The van der Waals surface area contributed by atoms with Gasteiger partial charge in [0.05, 0.1) is 4.92 Å². The summed E-state index contributed by atoms with van der Waals surface area (Å²) in [5.74, 6) is 4.48. The molecule has 1 atom stereocenters. The molecule has 82 valence electrons. The number of carbonyl (C=O) groups is 1. The van der Waals surface area contributed by atoms with Gasteiger partial charge in [-0.05, 0) is 13.8 Å². The molecule has 0 fully saturated rings. The standard InChI is InChI=1S/C7H11N5O3/c1-4-6(12(14)15)3-11(10-4)5(2)7(13)9-8/h3,5H,8H2,1-2H3,(H,9,13)/t5-/m1/s1. The number of hydrazine groups is 1. The number of hydrogen-bond donors (Lipinski definition) is 2. The number of carbonyl (C=O) groups excluding carboxylic acids is 1. The zero-order chi connectivity index (χ0) is 11.6. The summed E-state index contributed by atoms with van der Waals surface area (Å²) in [7, 11) is 0. The minimum Gasteiger partial charge on any atom is -0.292 e. The van der Waals surface area contributed by atoms with Crippen molar-refractivity contribution in [1.82, 2.24) is 15.2 Å². The molecular weight excluding hydrogens is 202 g/mol. The van der Waals surface area contributed by atoms with Crippen LogP contribution in [0.2, 0.25) is 0 Å². The second-order valence-electron chi connectivity index (χ2n) is 3.02. The fourth-order valence-electron chi connectivity index (χ4n) is 1.09. The zero-order valence-electron chi connectivity index (χ0n) is 8.30. The number of aromatic nitrogens is 2. The Labute approximate surface area is 85.2 Å². The first kappa shape index (κ1) is 11.1. The number of aryl methyl sites for hydroxylation is 1. The van der Waals surface area contributed by atoms with Crippen LogP contribution in [-0.2, 0) is 4.79 Å². The Balaban J connectivity index is 3.02. The van der Waals surface area contributed by atoms with Gasteiger partial charge in [0.1, 0.15) is 17.9 Å². The Morgan fingerprint density at radius 3 is 2.80 bits per heavy atom. The van der Waals surface area contributed by atoms with Gasteiger partial charge in [0.2, 0.25) is 0 Å². The number of rotatable bonds is 3. The topological polar surface area (TPSA) is 116 Å². The molecule has 8 nitrogen and oxygen atoms in total. The van der Waals surface area contributed by atoms with Crippen LogP contribution < -0.4 is 11.3 Å². The van der Waals surface area contributed by atoms with Gasteiger partial charge in [-0.25, -0.2) is 5.84 Å². The maximum atomic E-state index is 11.1. The molecule has 0 saturated heterocycles. The highest BCUT2D eigenvalue weighted by Gasteiger charge is 2.21. The van der Waals surface area contributed by atoms with Gasteiger partial charge >= 0.3 is 5.69 Å². The number of nitro groups is 1. The van der Waals surface area contributed by atoms with Crippen molar-refractivity contribution in [2.75, 3.05) is 0 Å². The second kappa shape index (κ2) is 4.05. The van der Waals surface area contributed by atoms with Crippen molar-refractivity contribution in [2.45, 2.75) is 19.9 Å². The molecule has 15 heavy (non-hydrogen) atoms. The Hall–Kier alpha value is -1.96. The molecule has 1 amide bonds. The molecule has 1 aromatic heterocycles. The van der Waals surface area contributed by atoms with Crippen molar-refractivity contribution in [3.8, 4) is 0 Å². The quantitative estimate of drug-likeness (QED) is 0.308. The third-order valence-corrected chi connectivity index (χ3v) is 2.01. The molecular formula is C7H11N5O3. The lowest BCUT2D eigenvalue weighted by atomic mass is 10.3. The van der Waals surface area contributed by atoms with Crippen LogP contribution in [0.15, 0.2) is 6.20 Å². The highest BCUT2D eigenvalue weighted by atomic mass is 16.6. The molecule has 0 aliphatic heterocycles. The van der Waals surface area contributed by atoms with Crippen molar-refractivity contribution < 1.29 is 9.72 Å². The van der Waals surface area contributed by atoms with E-state index < -0.39 is 16.9 Å². The van der Waals surface area contributed by atoms with Crippen LogP contribution in [0.25, 0.3) is 0 Å². The first-order chi connectivity index (χ1) is 6.97. The van der Waals surface area contributed by atoms with Crippen LogP contribution in [0, 0.1) is 17.0 Å². The first-order valence-corrected chi connectivity index (χ1v) is 4.18. The monoisotopic (exact) mass is 213 g/mol. The van der Waals surface area contributed by atoms with Gasteiger partial charge < -0.3 is 0 Å². The lowest BCUT2D eigenvalue weighted by Crippen LogP contribution is -2.36. The Morgan fingerprint density at radius 1 is 1.80 bits per heavy atom. The molecule has 0 aliphatic rings. The molecule has 0 aliphatic carbocycles. The van der Waals surface area contributed by atoms with E-state index in [0.29, 0.717) is 0 Å². The summed E-state index contributed by atoms with van der Waals surface area (Å²) < 4.78 is 1.20. The van der Waals surface area contributed by atoms with E-state index in [1.165, 1.54) is 17.8 Å². The summed E-state index contributed by atoms with van der Waals surface area (Å²) in [4.78, 5) is 21.1. The summed E-state index contributed by atoms with van der Waals surface area (Å²) in [6.45, 7) is 3.04. The fourth-order valence-corrected chi connectivity index (χ4v) is 1.09. The summed E-state index contributed by atoms with van der Waals surface area (Å²) in [6.07, 6.45) is 1.20. The predicted octanol–water partition coefficient (Wildman–Crippen LogP) is -0.349. The highest BCUT2D eigenvalue weighted by molar-refractivity contribution is 5.79. The first-order valence-electron chi connectivity index (χ1n) is 4.18. The second-order valence-corrected chi connectivity index (χ2v) is 3.02. The number of nitrogens with one attached hydrogen (secondary N) is 1. The molecule has 1 heterocycles. The number of hydrogen-bond acceptors (Lipinski definition) is 5. The van der Waals surface area contributed by atoms with Gasteiger partial charge in [0, 0.05) is 0 Å². The molecule has 1 aromatic rings. The summed E-state index contributed by atoms with van der Waals surface area (Å²) >= 11 is 0. The Morgan fingerprint density at radius 2 is 2.40 bits per heavy atom. The van der Waals surface area contributed by atoms with E-state index in [1.807, 2.05) is 5.43 Å². The predicted molar refractivity (Wildman–Crippen MR) is 50.7 cm³/mol. The van der Waals surface area contributed by atoms with E-state index in [9.17, 15) is 14.9 Å². The highest BCUT2D eigenvalue weighted by Crippen LogP contribution is 2.17. The lowest BCUT2D eigenvalue weighted by Gasteiger charge is -2.08. The Bertz CT molecular complexity index is 399. The van der Waals surface area contributed by atoms with Crippen molar-refractivity contribution in [1.29, 1.82) is 0 Å². The van der Waals surface area contributed by atoms with Crippen molar-refractivity contribution in [2.24, 2.45) is 5.84 Å². The van der Waals surface area contributed by atoms with E-state index >= 15 is 0 Å². The Kier molecular flexibility index (Phi) is 3.00. The van der Waals surface area contributed by atoms with Crippen LogP contribution in [0.3, 0.4) is 0 Å². The lowest BCUT2D eigenvalue weighted by molar-refractivity contribution is -0.385. The maximum Gasteiger partial charge on any atom is 0.309 e. The fraction of sp³-hybridized carbons (Fsp3) is 0.429. The SMILES string of the molecule is Cc1nn([C@H](C)C(=O)NN)cc1[N+](=O)[O-].